The second-order valence-corrected chi connectivity index (χ2v) is 6.35. The van der Waals surface area contributed by atoms with E-state index in [1.165, 1.54) is 23.4 Å². The van der Waals surface area contributed by atoms with E-state index in [1.54, 1.807) is 0 Å². The summed E-state index contributed by atoms with van der Waals surface area (Å²) in [5.74, 6) is 0. The van der Waals surface area contributed by atoms with Crippen LogP contribution in [0, 0.1) is 0 Å². The van der Waals surface area contributed by atoms with E-state index in [2.05, 4.69) is 51.8 Å². The van der Waals surface area contributed by atoms with Crippen molar-refractivity contribution in [2.24, 2.45) is 0 Å². The number of piperidine rings is 1. The molecule has 1 atom stereocenters. The first-order chi connectivity index (χ1) is 9.83. The van der Waals surface area contributed by atoms with E-state index in [-0.39, 0.29) is 0 Å². The van der Waals surface area contributed by atoms with Gasteiger partial charge in [0.05, 0.1) is 0 Å². The largest absolute Gasteiger partial charge is 0.371 e. The first-order valence-electron chi connectivity index (χ1n) is 7.27. The summed E-state index contributed by atoms with van der Waals surface area (Å²) in [6.45, 7) is 4.51. The van der Waals surface area contributed by atoms with Gasteiger partial charge in [0, 0.05) is 48.1 Å². The number of thiophene rings is 1. The van der Waals surface area contributed by atoms with Crippen LogP contribution in [0.5, 0.6) is 0 Å². The minimum Gasteiger partial charge on any atom is -0.371 e. The van der Waals surface area contributed by atoms with Crippen LogP contribution in [0.4, 0.5) is 5.69 Å². The summed E-state index contributed by atoms with van der Waals surface area (Å²) in [6, 6.07) is 9.64. The van der Waals surface area contributed by atoms with E-state index in [0.717, 1.165) is 13.1 Å². The van der Waals surface area contributed by atoms with Gasteiger partial charge in [-0.1, -0.05) is 6.07 Å². The number of hydrogen-bond donors (Lipinski definition) is 1. The standard InChI is InChI=1S/C16H21N3S/c1-13(16-3-2-12-20-16)18-14-6-10-19(11-7-14)15-4-8-17-9-5-15/h2-5,8-9,12-14,18H,6-7,10-11H2,1H3. The van der Waals surface area contributed by atoms with Crippen molar-refractivity contribution in [2.45, 2.75) is 31.8 Å². The molecule has 0 radical (unpaired) electrons. The molecular formula is C16H21N3S. The van der Waals surface area contributed by atoms with Crippen LogP contribution in [0.1, 0.15) is 30.7 Å². The summed E-state index contributed by atoms with van der Waals surface area (Å²) in [6.07, 6.45) is 6.16. The average Bonchev–Trinajstić information content (AvgIpc) is 3.03. The third-order valence-corrected chi connectivity index (χ3v) is 5.03. The molecule has 1 unspecified atom stereocenters. The highest BCUT2D eigenvalue weighted by molar-refractivity contribution is 7.10. The van der Waals surface area contributed by atoms with Gasteiger partial charge in [0.25, 0.3) is 0 Å². The van der Waals surface area contributed by atoms with Crippen LogP contribution >= 0.6 is 11.3 Å². The molecule has 0 aromatic carbocycles. The van der Waals surface area contributed by atoms with Gasteiger partial charge in [-0.2, -0.15) is 0 Å². The fourth-order valence-corrected chi connectivity index (χ4v) is 3.58. The fourth-order valence-electron chi connectivity index (χ4n) is 2.83. The van der Waals surface area contributed by atoms with Crippen LogP contribution in [0.2, 0.25) is 0 Å². The second-order valence-electron chi connectivity index (χ2n) is 5.37. The van der Waals surface area contributed by atoms with E-state index < -0.39 is 0 Å². The predicted molar refractivity (Wildman–Crippen MR) is 85.3 cm³/mol. The molecule has 2 aromatic rings. The zero-order chi connectivity index (χ0) is 13.8. The number of nitrogens with zero attached hydrogens (tertiary/aromatic N) is 2. The first-order valence-corrected chi connectivity index (χ1v) is 8.15. The molecule has 0 aliphatic carbocycles. The smallest absolute Gasteiger partial charge is 0.0397 e. The number of rotatable bonds is 4. The summed E-state index contributed by atoms with van der Waals surface area (Å²) >= 11 is 1.84. The van der Waals surface area contributed by atoms with E-state index in [4.69, 9.17) is 0 Å². The van der Waals surface area contributed by atoms with Crippen molar-refractivity contribution in [3.05, 3.63) is 46.9 Å². The molecule has 2 aromatic heterocycles. The molecule has 0 saturated carbocycles. The molecule has 3 nitrogen and oxygen atoms in total. The molecule has 106 valence electrons. The van der Waals surface area contributed by atoms with Gasteiger partial charge in [-0.25, -0.2) is 0 Å². The Kier molecular flexibility index (Phi) is 4.33. The van der Waals surface area contributed by atoms with Crippen LogP contribution < -0.4 is 10.2 Å². The third kappa shape index (κ3) is 3.19. The predicted octanol–water partition coefficient (Wildman–Crippen LogP) is 3.46. The highest BCUT2D eigenvalue weighted by Gasteiger charge is 2.21. The summed E-state index contributed by atoms with van der Waals surface area (Å²) in [5, 5.41) is 5.92. The van der Waals surface area contributed by atoms with Crippen LogP contribution in [0.25, 0.3) is 0 Å². The highest BCUT2D eigenvalue weighted by Crippen LogP contribution is 2.23. The molecule has 0 bridgehead atoms. The molecule has 1 N–H and O–H groups in total. The Morgan fingerprint density at radius 2 is 2.00 bits per heavy atom. The minimum atomic E-state index is 0.465. The second kappa shape index (κ2) is 6.37. The van der Waals surface area contributed by atoms with E-state index >= 15 is 0 Å². The van der Waals surface area contributed by atoms with Gasteiger partial charge in [0.1, 0.15) is 0 Å². The Balaban J connectivity index is 1.51. The Hall–Kier alpha value is -1.39. The maximum atomic E-state index is 4.09. The maximum absolute atomic E-state index is 4.09. The number of aromatic nitrogens is 1. The molecule has 3 rings (SSSR count). The quantitative estimate of drug-likeness (QED) is 0.933. The monoisotopic (exact) mass is 287 g/mol. The van der Waals surface area contributed by atoms with Gasteiger partial charge in [0.2, 0.25) is 0 Å². The van der Waals surface area contributed by atoms with Crippen molar-refractivity contribution >= 4 is 17.0 Å². The van der Waals surface area contributed by atoms with Crippen molar-refractivity contribution in [1.82, 2.24) is 10.3 Å². The van der Waals surface area contributed by atoms with E-state index in [9.17, 15) is 0 Å². The molecule has 1 saturated heterocycles. The Morgan fingerprint density at radius 3 is 2.65 bits per heavy atom. The van der Waals surface area contributed by atoms with Gasteiger partial charge in [0.15, 0.2) is 0 Å². The lowest BCUT2D eigenvalue weighted by molar-refractivity contribution is 0.383. The van der Waals surface area contributed by atoms with Crippen LogP contribution in [-0.4, -0.2) is 24.1 Å². The van der Waals surface area contributed by atoms with Crippen LogP contribution in [-0.2, 0) is 0 Å². The Labute approximate surface area is 124 Å². The topological polar surface area (TPSA) is 28.2 Å². The van der Waals surface area contributed by atoms with E-state index in [1.807, 2.05) is 23.7 Å². The van der Waals surface area contributed by atoms with Crippen LogP contribution in [0.15, 0.2) is 42.0 Å². The van der Waals surface area contributed by atoms with Crippen molar-refractivity contribution < 1.29 is 0 Å². The summed E-state index contributed by atoms with van der Waals surface area (Å²) in [4.78, 5) is 7.97. The number of hydrogen-bond acceptors (Lipinski definition) is 4. The molecule has 3 heterocycles. The first kappa shape index (κ1) is 13.6. The Bertz CT molecular complexity index is 504. The molecule has 0 spiro atoms. The summed E-state index contributed by atoms with van der Waals surface area (Å²) in [7, 11) is 0. The van der Waals surface area contributed by atoms with Crippen molar-refractivity contribution in [3.63, 3.8) is 0 Å². The molecular weight excluding hydrogens is 266 g/mol. The number of nitrogens with one attached hydrogen (secondary N) is 1. The molecule has 0 amide bonds. The van der Waals surface area contributed by atoms with E-state index in [0.29, 0.717) is 12.1 Å². The molecule has 20 heavy (non-hydrogen) atoms. The van der Waals surface area contributed by atoms with Gasteiger partial charge in [-0.05, 0) is 43.3 Å². The lowest BCUT2D eigenvalue weighted by Crippen LogP contribution is -2.43. The molecule has 1 aliphatic rings. The van der Waals surface area contributed by atoms with Crippen molar-refractivity contribution in [2.75, 3.05) is 18.0 Å². The Morgan fingerprint density at radius 1 is 1.25 bits per heavy atom. The number of pyridine rings is 1. The third-order valence-electron chi connectivity index (χ3n) is 3.98. The van der Waals surface area contributed by atoms with Gasteiger partial charge in [-0.3, -0.25) is 4.98 Å². The molecule has 4 heteroatoms. The maximum Gasteiger partial charge on any atom is 0.0397 e. The zero-order valence-corrected chi connectivity index (χ0v) is 12.6. The van der Waals surface area contributed by atoms with Gasteiger partial charge < -0.3 is 10.2 Å². The fraction of sp³-hybridized carbons (Fsp3) is 0.438. The van der Waals surface area contributed by atoms with Crippen LogP contribution in [0.3, 0.4) is 0 Å². The lowest BCUT2D eigenvalue weighted by Gasteiger charge is -2.35. The summed E-state index contributed by atoms with van der Waals surface area (Å²) in [5.41, 5.74) is 1.30. The normalized spacial score (nSPS) is 18.1. The lowest BCUT2D eigenvalue weighted by atomic mass is 10.0. The van der Waals surface area contributed by atoms with Gasteiger partial charge in [-0.15, -0.1) is 11.3 Å². The molecule has 1 aliphatic heterocycles. The number of anilines is 1. The van der Waals surface area contributed by atoms with Crippen molar-refractivity contribution in [3.8, 4) is 0 Å². The average molecular weight is 287 g/mol. The minimum absolute atomic E-state index is 0.465. The SMILES string of the molecule is CC(NC1CCN(c2ccncc2)CC1)c1cccs1. The molecule has 1 fully saturated rings. The summed E-state index contributed by atoms with van der Waals surface area (Å²) < 4.78 is 0. The highest BCUT2D eigenvalue weighted by atomic mass is 32.1. The van der Waals surface area contributed by atoms with Gasteiger partial charge >= 0.3 is 0 Å². The van der Waals surface area contributed by atoms with Crippen molar-refractivity contribution in [1.29, 1.82) is 0 Å². The zero-order valence-electron chi connectivity index (χ0n) is 11.8.